The molecule has 0 aliphatic rings. The van der Waals surface area contributed by atoms with Crippen molar-refractivity contribution in [3.05, 3.63) is 24.3 Å². The van der Waals surface area contributed by atoms with Crippen LogP contribution in [0.5, 0.6) is 11.5 Å². The molecule has 0 amide bonds. The summed E-state index contributed by atoms with van der Waals surface area (Å²) in [4.78, 5) is 4.43. The van der Waals surface area contributed by atoms with Gasteiger partial charge in [-0.2, -0.15) is 0 Å². The highest BCUT2D eigenvalue weighted by atomic mass is 16.6. The Morgan fingerprint density at radius 1 is 1.14 bits per heavy atom. The lowest BCUT2D eigenvalue weighted by molar-refractivity contribution is 0.121. The summed E-state index contributed by atoms with van der Waals surface area (Å²) in [5, 5.41) is 0. The van der Waals surface area contributed by atoms with Crippen molar-refractivity contribution in [3.8, 4) is 11.5 Å². The zero-order valence-corrected chi connectivity index (χ0v) is 8.23. The normalized spacial score (nSPS) is 9.86. The highest BCUT2D eigenvalue weighted by Gasteiger charge is 2.01. The molecule has 1 aromatic carbocycles. The lowest BCUT2D eigenvalue weighted by Gasteiger charge is -2.09. The summed E-state index contributed by atoms with van der Waals surface area (Å²) in [5.41, 5.74) is 0. The average Bonchev–Trinajstić information content (AvgIpc) is 2.25. The summed E-state index contributed by atoms with van der Waals surface area (Å²) in [6.45, 7) is 1.06. The Morgan fingerprint density at radius 3 is 2.50 bits per heavy atom. The summed E-state index contributed by atoms with van der Waals surface area (Å²) < 4.78 is 10.6. The third-order valence-corrected chi connectivity index (χ3v) is 1.73. The van der Waals surface area contributed by atoms with Crippen molar-refractivity contribution in [2.75, 3.05) is 20.3 Å². The molecule has 2 N–H and O–H groups in total. The Kier molecular flexibility index (Phi) is 4.82. The first-order valence-electron chi connectivity index (χ1n) is 4.46. The molecule has 0 fully saturated rings. The second-order valence-electron chi connectivity index (χ2n) is 2.72. The molecule has 0 bridgehead atoms. The van der Waals surface area contributed by atoms with E-state index in [0.29, 0.717) is 13.2 Å². The van der Waals surface area contributed by atoms with Gasteiger partial charge in [0.2, 0.25) is 0 Å². The molecule has 0 unspecified atom stereocenters. The molecule has 0 aromatic heterocycles. The number of rotatable bonds is 6. The molecule has 0 radical (unpaired) electrons. The van der Waals surface area contributed by atoms with Crippen LogP contribution in [0.25, 0.3) is 0 Å². The largest absolute Gasteiger partial charge is 0.493 e. The second kappa shape index (κ2) is 6.23. The summed E-state index contributed by atoms with van der Waals surface area (Å²) in [7, 11) is 1.62. The van der Waals surface area contributed by atoms with Gasteiger partial charge in [0.15, 0.2) is 11.5 Å². The van der Waals surface area contributed by atoms with Crippen molar-refractivity contribution in [3.63, 3.8) is 0 Å². The maximum atomic E-state index is 5.47. The molecular weight excluding hydrogens is 182 g/mol. The molecule has 78 valence electrons. The average molecular weight is 197 g/mol. The number of ether oxygens (including phenoxy) is 2. The minimum Gasteiger partial charge on any atom is -0.493 e. The summed E-state index contributed by atoms with van der Waals surface area (Å²) in [5.74, 6) is 6.36. The highest BCUT2D eigenvalue weighted by Crippen LogP contribution is 2.25. The van der Waals surface area contributed by atoms with Crippen molar-refractivity contribution >= 4 is 0 Å². The van der Waals surface area contributed by atoms with Gasteiger partial charge in [-0.1, -0.05) is 12.1 Å². The van der Waals surface area contributed by atoms with E-state index >= 15 is 0 Å². The minimum atomic E-state index is 0.495. The van der Waals surface area contributed by atoms with E-state index < -0.39 is 0 Å². The number of benzene rings is 1. The Morgan fingerprint density at radius 2 is 1.86 bits per heavy atom. The van der Waals surface area contributed by atoms with Crippen molar-refractivity contribution in [1.82, 2.24) is 0 Å². The monoisotopic (exact) mass is 197 g/mol. The van der Waals surface area contributed by atoms with Gasteiger partial charge in [-0.25, -0.2) is 5.90 Å². The molecule has 4 nitrogen and oxygen atoms in total. The Labute approximate surface area is 83.5 Å². The van der Waals surface area contributed by atoms with E-state index in [-0.39, 0.29) is 0 Å². The van der Waals surface area contributed by atoms with Crippen molar-refractivity contribution in [1.29, 1.82) is 0 Å². The Bertz CT molecular complexity index is 265. The van der Waals surface area contributed by atoms with E-state index in [1.165, 1.54) is 0 Å². The molecule has 1 aromatic rings. The van der Waals surface area contributed by atoms with E-state index in [4.69, 9.17) is 15.4 Å². The van der Waals surface area contributed by atoms with E-state index in [1.54, 1.807) is 7.11 Å². The van der Waals surface area contributed by atoms with Crippen LogP contribution in [0.15, 0.2) is 24.3 Å². The van der Waals surface area contributed by atoms with Crippen LogP contribution in [-0.2, 0) is 4.84 Å². The van der Waals surface area contributed by atoms with Crippen LogP contribution in [0.3, 0.4) is 0 Å². The topological polar surface area (TPSA) is 53.7 Å². The first-order chi connectivity index (χ1) is 6.88. The maximum absolute atomic E-state index is 5.47. The van der Waals surface area contributed by atoms with Gasteiger partial charge in [0, 0.05) is 6.42 Å². The van der Waals surface area contributed by atoms with Gasteiger partial charge >= 0.3 is 0 Å². The second-order valence-corrected chi connectivity index (χ2v) is 2.72. The van der Waals surface area contributed by atoms with E-state index in [1.807, 2.05) is 24.3 Å². The lowest BCUT2D eigenvalue weighted by atomic mass is 10.3. The molecule has 0 aliphatic heterocycles. The van der Waals surface area contributed by atoms with Crippen molar-refractivity contribution in [2.24, 2.45) is 5.90 Å². The minimum absolute atomic E-state index is 0.495. The molecule has 0 spiro atoms. The molecule has 4 heteroatoms. The van der Waals surface area contributed by atoms with E-state index in [0.717, 1.165) is 17.9 Å². The number of hydrogen-bond acceptors (Lipinski definition) is 4. The Balaban J connectivity index is 2.41. The smallest absolute Gasteiger partial charge is 0.161 e. The number of hydrogen-bond donors (Lipinski definition) is 1. The maximum Gasteiger partial charge on any atom is 0.161 e. The van der Waals surface area contributed by atoms with Crippen LogP contribution in [0.1, 0.15) is 6.42 Å². The summed E-state index contributed by atoms with van der Waals surface area (Å²) >= 11 is 0. The SMILES string of the molecule is COc1ccccc1OCCCON. The molecule has 14 heavy (non-hydrogen) atoms. The third-order valence-electron chi connectivity index (χ3n) is 1.73. The predicted molar refractivity (Wildman–Crippen MR) is 53.2 cm³/mol. The zero-order valence-electron chi connectivity index (χ0n) is 8.23. The van der Waals surface area contributed by atoms with Crippen LogP contribution in [0, 0.1) is 0 Å². The highest BCUT2D eigenvalue weighted by molar-refractivity contribution is 5.39. The van der Waals surface area contributed by atoms with Crippen LogP contribution in [0.4, 0.5) is 0 Å². The van der Waals surface area contributed by atoms with Gasteiger partial charge in [-0.15, -0.1) is 0 Å². The fourth-order valence-electron chi connectivity index (χ4n) is 1.06. The van der Waals surface area contributed by atoms with Crippen LogP contribution in [0.2, 0.25) is 0 Å². The number of para-hydroxylation sites is 2. The molecule has 0 saturated heterocycles. The first-order valence-corrected chi connectivity index (χ1v) is 4.46. The van der Waals surface area contributed by atoms with Gasteiger partial charge in [-0.3, -0.25) is 0 Å². The molecular formula is C10H15NO3. The van der Waals surface area contributed by atoms with Gasteiger partial charge in [0.1, 0.15) is 0 Å². The fourth-order valence-corrected chi connectivity index (χ4v) is 1.06. The van der Waals surface area contributed by atoms with Crippen LogP contribution < -0.4 is 15.4 Å². The van der Waals surface area contributed by atoms with Gasteiger partial charge < -0.3 is 14.3 Å². The predicted octanol–water partition coefficient (Wildman–Crippen LogP) is 1.35. The van der Waals surface area contributed by atoms with Gasteiger partial charge in [0.05, 0.1) is 20.3 Å². The number of nitrogens with two attached hydrogens (primary N) is 1. The summed E-state index contributed by atoms with van der Waals surface area (Å²) in [6, 6.07) is 7.52. The lowest BCUT2D eigenvalue weighted by Crippen LogP contribution is -2.06. The van der Waals surface area contributed by atoms with Crippen LogP contribution in [-0.4, -0.2) is 20.3 Å². The van der Waals surface area contributed by atoms with Gasteiger partial charge in [-0.05, 0) is 12.1 Å². The summed E-state index contributed by atoms with van der Waals surface area (Å²) in [6.07, 6.45) is 0.758. The standard InChI is InChI=1S/C10H15NO3/c1-12-9-5-2-3-6-10(9)13-7-4-8-14-11/h2-3,5-6H,4,7-8,11H2,1H3. The molecule has 0 aliphatic carbocycles. The van der Waals surface area contributed by atoms with E-state index in [2.05, 4.69) is 4.84 Å². The molecule has 0 heterocycles. The fraction of sp³-hybridized carbons (Fsp3) is 0.400. The Hall–Kier alpha value is -1.26. The zero-order chi connectivity index (χ0) is 10.2. The number of methoxy groups -OCH3 is 1. The van der Waals surface area contributed by atoms with Crippen molar-refractivity contribution in [2.45, 2.75) is 6.42 Å². The quantitative estimate of drug-likeness (QED) is 0.552. The first kappa shape index (κ1) is 10.8. The van der Waals surface area contributed by atoms with Gasteiger partial charge in [0.25, 0.3) is 0 Å². The molecule has 0 saturated carbocycles. The van der Waals surface area contributed by atoms with E-state index in [9.17, 15) is 0 Å². The molecule has 1 rings (SSSR count). The third kappa shape index (κ3) is 3.24. The molecule has 0 atom stereocenters. The van der Waals surface area contributed by atoms with Crippen molar-refractivity contribution < 1.29 is 14.3 Å². The van der Waals surface area contributed by atoms with Crippen LogP contribution >= 0.6 is 0 Å².